The molecule has 5 heteroatoms. The predicted octanol–water partition coefficient (Wildman–Crippen LogP) is 5.86. The topological polar surface area (TPSA) is 42.4 Å². The van der Waals surface area contributed by atoms with Gasteiger partial charge in [-0.15, -0.1) is 6.58 Å². The summed E-state index contributed by atoms with van der Waals surface area (Å²) in [4.78, 5) is 4.82. The predicted molar refractivity (Wildman–Crippen MR) is 122 cm³/mol. The zero-order valence-electron chi connectivity index (χ0n) is 18.3. The van der Waals surface area contributed by atoms with Crippen LogP contribution in [0, 0.1) is 0 Å². The number of ether oxygens (including phenoxy) is 1. The number of allylic oxidation sites excluding steroid dienone is 4. The van der Waals surface area contributed by atoms with E-state index in [0.717, 1.165) is 36.2 Å². The van der Waals surface area contributed by atoms with Gasteiger partial charge in [0.05, 0.1) is 23.6 Å². The van der Waals surface area contributed by atoms with Crippen LogP contribution in [0.2, 0.25) is 0 Å². The first-order valence-electron chi connectivity index (χ1n) is 9.87. The molecule has 0 fully saturated rings. The quantitative estimate of drug-likeness (QED) is 0.263. The number of methoxy groups -OCH3 is 1. The molecule has 156 valence electrons. The molecule has 0 spiro atoms. The maximum atomic E-state index is 12.9. The number of hydrogen-bond acceptors (Lipinski definition) is 3. The molecule has 1 aromatic rings. The normalized spacial score (nSPS) is 14.2. The molecule has 4 nitrogen and oxygen atoms in total. The maximum Gasteiger partial charge on any atom is 0.145 e. The van der Waals surface area contributed by atoms with Crippen molar-refractivity contribution in [3.05, 3.63) is 54.9 Å². The Bertz CT molecular complexity index is 720. The van der Waals surface area contributed by atoms with E-state index >= 15 is 0 Å². The monoisotopic (exact) mass is 404 g/mol. The van der Waals surface area contributed by atoms with Crippen molar-refractivity contribution in [2.45, 2.75) is 64.7 Å². The van der Waals surface area contributed by atoms with Crippen LogP contribution >= 0.6 is 0 Å². The van der Waals surface area contributed by atoms with E-state index in [1.165, 1.54) is 0 Å². The molecule has 2 atom stereocenters. The summed E-state index contributed by atoms with van der Waals surface area (Å²) in [5, 5.41) is 0. The summed E-state index contributed by atoms with van der Waals surface area (Å²) in [5.74, 6) is 0.691. The van der Waals surface area contributed by atoms with E-state index in [4.69, 9.17) is 9.72 Å². The highest BCUT2D eigenvalue weighted by Gasteiger charge is 2.30. The van der Waals surface area contributed by atoms with Crippen molar-refractivity contribution >= 4 is 16.6 Å². The van der Waals surface area contributed by atoms with Gasteiger partial charge in [-0.2, -0.15) is 0 Å². The molecule has 0 saturated carbocycles. The first-order valence-corrected chi connectivity index (χ1v) is 11.0. The standard InChI is InChI=1S/C23H36N2O2S/c1-9-11-12-13-14-15-18(3)22-21(27-8)17-16-20(24-22)19(4)25(10-2)28(26)23(5,6)7/h9,14-17,19H,1,3,10-13H2,2,4-8H3/b15-14+/t19-,28-/m1/s1. The molecule has 0 unspecified atom stereocenters. The van der Waals surface area contributed by atoms with Gasteiger partial charge in [0.1, 0.15) is 22.4 Å². The summed E-state index contributed by atoms with van der Waals surface area (Å²) in [5.41, 5.74) is 2.39. The van der Waals surface area contributed by atoms with Gasteiger partial charge in [-0.25, -0.2) is 13.5 Å². The fraction of sp³-hybridized carbons (Fsp3) is 0.522. The first kappa shape index (κ1) is 24.3. The largest absolute Gasteiger partial charge is 0.494 e. The second-order valence-corrected chi connectivity index (χ2v) is 9.90. The summed E-state index contributed by atoms with van der Waals surface area (Å²) in [6, 6.07) is 3.77. The molecule has 0 aliphatic carbocycles. The van der Waals surface area contributed by atoms with E-state index in [9.17, 15) is 4.21 Å². The van der Waals surface area contributed by atoms with Crippen LogP contribution in [0.25, 0.3) is 5.57 Å². The molecule has 28 heavy (non-hydrogen) atoms. The molecule has 1 aromatic heterocycles. The van der Waals surface area contributed by atoms with Gasteiger partial charge in [0.15, 0.2) is 0 Å². The van der Waals surface area contributed by atoms with Gasteiger partial charge in [-0.3, -0.25) is 0 Å². The van der Waals surface area contributed by atoms with Crippen LogP contribution in [0.1, 0.15) is 71.3 Å². The average Bonchev–Trinajstić information content (AvgIpc) is 2.66. The van der Waals surface area contributed by atoms with Crippen molar-refractivity contribution in [1.82, 2.24) is 9.29 Å². The number of unbranched alkanes of at least 4 members (excludes halogenated alkanes) is 2. The van der Waals surface area contributed by atoms with Crippen LogP contribution in [0.15, 0.2) is 43.5 Å². The van der Waals surface area contributed by atoms with Crippen molar-refractivity contribution in [2.24, 2.45) is 0 Å². The lowest BCUT2D eigenvalue weighted by molar-refractivity contribution is 0.364. The van der Waals surface area contributed by atoms with E-state index in [1.807, 2.05) is 63.2 Å². The molecule has 0 N–H and O–H groups in total. The van der Waals surface area contributed by atoms with Crippen LogP contribution < -0.4 is 4.74 Å². The van der Waals surface area contributed by atoms with E-state index in [2.05, 4.69) is 19.2 Å². The van der Waals surface area contributed by atoms with Gasteiger partial charge in [-0.1, -0.05) is 31.7 Å². The minimum absolute atomic E-state index is 0.0842. The summed E-state index contributed by atoms with van der Waals surface area (Å²) < 4.78 is 20.1. The molecular weight excluding hydrogens is 368 g/mol. The average molecular weight is 405 g/mol. The molecule has 0 saturated heterocycles. The summed E-state index contributed by atoms with van der Waals surface area (Å²) in [6.07, 6.45) is 9.07. The van der Waals surface area contributed by atoms with Crippen molar-refractivity contribution in [2.75, 3.05) is 13.7 Å². The first-order chi connectivity index (χ1) is 13.2. The van der Waals surface area contributed by atoms with Crippen LogP contribution in [-0.4, -0.2) is 31.9 Å². The highest BCUT2D eigenvalue weighted by molar-refractivity contribution is 7.84. The highest BCUT2D eigenvalue weighted by Crippen LogP contribution is 2.30. The lowest BCUT2D eigenvalue weighted by atomic mass is 10.1. The van der Waals surface area contributed by atoms with Crippen LogP contribution in [0.3, 0.4) is 0 Å². The molecule has 0 aliphatic heterocycles. The Morgan fingerprint density at radius 3 is 2.57 bits per heavy atom. The third-order valence-electron chi connectivity index (χ3n) is 4.41. The Balaban J connectivity index is 3.12. The molecule has 1 rings (SSSR count). The Labute approximate surface area is 174 Å². The van der Waals surface area contributed by atoms with Crippen molar-refractivity contribution in [1.29, 1.82) is 0 Å². The van der Waals surface area contributed by atoms with Gasteiger partial charge in [0.2, 0.25) is 0 Å². The second kappa shape index (κ2) is 11.3. The Kier molecular flexibility index (Phi) is 9.83. The minimum atomic E-state index is -1.12. The number of rotatable bonds is 11. The fourth-order valence-electron chi connectivity index (χ4n) is 2.81. The molecule has 0 aliphatic rings. The number of pyridine rings is 1. The van der Waals surface area contributed by atoms with Crippen molar-refractivity contribution in [3.8, 4) is 5.75 Å². The van der Waals surface area contributed by atoms with Crippen LogP contribution in [0.5, 0.6) is 5.75 Å². The third kappa shape index (κ3) is 6.71. The molecule has 1 heterocycles. The van der Waals surface area contributed by atoms with Crippen molar-refractivity contribution in [3.63, 3.8) is 0 Å². The lowest BCUT2D eigenvalue weighted by Gasteiger charge is -2.32. The van der Waals surface area contributed by atoms with Gasteiger partial charge in [0, 0.05) is 6.54 Å². The van der Waals surface area contributed by atoms with E-state index in [-0.39, 0.29) is 10.8 Å². The zero-order chi connectivity index (χ0) is 21.3. The van der Waals surface area contributed by atoms with Gasteiger partial charge in [0.25, 0.3) is 0 Å². The van der Waals surface area contributed by atoms with Crippen LogP contribution in [-0.2, 0) is 11.0 Å². The molecule has 0 bridgehead atoms. The summed E-state index contributed by atoms with van der Waals surface area (Å²) in [6.45, 7) is 18.6. The van der Waals surface area contributed by atoms with Gasteiger partial charge in [-0.05, 0) is 64.7 Å². The van der Waals surface area contributed by atoms with E-state index in [0.29, 0.717) is 12.3 Å². The van der Waals surface area contributed by atoms with Gasteiger partial charge < -0.3 is 4.74 Å². The molecule has 0 amide bonds. The smallest absolute Gasteiger partial charge is 0.145 e. The number of hydrogen-bond donors (Lipinski definition) is 0. The number of aromatic nitrogens is 1. The fourth-order valence-corrected chi connectivity index (χ4v) is 4.14. The zero-order valence-corrected chi connectivity index (χ0v) is 19.1. The Hall–Kier alpha value is -1.72. The molecule has 0 radical (unpaired) electrons. The third-order valence-corrected chi connectivity index (χ3v) is 6.46. The minimum Gasteiger partial charge on any atom is -0.494 e. The highest BCUT2D eigenvalue weighted by atomic mass is 32.2. The Morgan fingerprint density at radius 2 is 2.04 bits per heavy atom. The SMILES string of the molecule is C=CCCC/C=C/C(=C)c1nc([C@@H](C)N(CC)[S@](=O)C(C)(C)C)ccc1OC. The maximum absolute atomic E-state index is 12.9. The van der Waals surface area contributed by atoms with Gasteiger partial charge >= 0.3 is 0 Å². The second-order valence-electron chi connectivity index (χ2n) is 7.70. The Morgan fingerprint density at radius 1 is 1.36 bits per heavy atom. The van der Waals surface area contributed by atoms with E-state index < -0.39 is 11.0 Å². The summed E-state index contributed by atoms with van der Waals surface area (Å²) >= 11 is 0. The van der Waals surface area contributed by atoms with Crippen molar-refractivity contribution < 1.29 is 8.95 Å². The van der Waals surface area contributed by atoms with E-state index in [1.54, 1.807) is 7.11 Å². The van der Waals surface area contributed by atoms with Crippen LogP contribution in [0.4, 0.5) is 0 Å². The summed E-state index contributed by atoms with van der Waals surface area (Å²) in [7, 11) is 0.516. The number of nitrogens with zero attached hydrogens (tertiary/aromatic N) is 2. The molecule has 0 aromatic carbocycles. The lowest BCUT2D eigenvalue weighted by Crippen LogP contribution is -2.39. The molecular formula is C23H36N2O2S.